The standard InChI is InChI=1S/C23H24FN5O/c1-13-5-10-18(24)16-11-21(23(26)30)28(22(13)16)19-3-2-4-20-17(19)12-27-29(20)15-8-6-14(25)7-9-15/h2-5,10-12,14-15H,6-9,25H2,1H3,(H2,26,30). The van der Waals surface area contributed by atoms with Crippen LogP contribution in [0.4, 0.5) is 4.39 Å². The molecule has 4 N–H and O–H groups in total. The molecule has 1 saturated carbocycles. The van der Waals surface area contributed by atoms with E-state index in [4.69, 9.17) is 11.5 Å². The van der Waals surface area contributed by atoms with E-state index in [9.17, 15) is 9.18 Å². The summed E-state index contributed by atoms with van der Waals surface area (Å²) in [6.45, 7) is 1.90. The highest BCUT2D eigenvalue weighted by Gasteiger charge is 2.24. The van der Waals surface area contributed by atoms with Gasteiger partial charge in [0.15, 0.2) is 0 Å². The smallest absolute Gasteiger partial charge is 0.265 e. The number of carbonyl (C=O) groups is 1. The summed E-state index contributed by atoms with van der Waals surface area (Å²) in [4.78, 5) is 12.3. The van der Waals surface area contributed by atoms with Gasteiger partial charge in [0.2, 0.25) is 0 Å². The van der Waals surface area contributed by atoms with Gasteiger partial charge in [0.25, 0.3) is 5.91 Å². The summed E-state index contributed by atoms with van der Waals surface area (Å²) in [5.74, 6) is -0.978. The average molecular weight is 405 g/mol. The Labute approximate surface area is 173 Å². The predicted molar refractivity (Wildman–Crippen MR) is 115 cm³/mol. The fourth-order valence-corrected chi connectivity index (χ4v) is 4.77. The molecule has 5 rings (SSSR count). The normalized spacial score (nSPS) is 19.6. The van der Waals surface area contributed by atoms with E-state index in [0.717, 1.165) is 47.8 Å². The van der Waals surface area contributed by atoms with Crippen LogP contribution in [0.2, 0.25) is 0 Å². The lowest BCUT2D eigenvalue weighted by Crippen LogP contribution is -2.28. The van der Waals surface area contributed by atoms with Crippen LogP contribution in [0.3, 0.4) is 0 Å². The Balaban J connectivity index is 1.75. The van der Waals surface area contributed by atoms with Crippen LogP contribution in [0.15, 0.2) is 42.6 Å². The van der Waals surface area contributed by atoms with E-state index in [2.05, 4.69) is 9.78 Å². The molecule has 1 aliphatic rings. The average Bonchev–Trinajstić information content (AvgIpc) is 3.34. The number of fused-ring (bicyclic) bond motifs is 2. The Kier molecular flexibility index (Phi) is 4.36. The Bertz CT molecular complexity index is 1280. The molecule has 4 aromatic rings. The van der Waals surface area contributed by atoms with Crippen molar-refractivity contribution in [1.82, 2.24) is 14.3 Å². The first kappa shape index (κ1) is 18.8. The van der Waals surface area contributed by atoms with E-state index >= 15 is 0 Å². The van der Waals surface area contributed by atoms with E-state index in [1.807, 2.05) is 31.3 Å². The number of hydrogen-bond acceptors (Lipinski definition) is 3. The molecule has 6 nitrogen and oxygen atoms in total. The number of aryl methyl sites for hydroxylation is 1. The van der Waals surface area contributed by atoms with Crippen molar-refractivity contribution in [3.63, 3.8) is 0 Å². The van der Waals surface area contributed by atoms with Gasteiger partial charge in [-0.15, -0.1) is 0 Å². The number of benzene rings is 2. The molecule has 1 amide bonds. The molecule has 0 atom stereocenters. The number of primary amides is 1. The highest BCUT2D eigenvalue weighted by Crippen LogP contribution is 2.35. The van der Waals surface area contributed by atoms with E-state index in [-0.39, 0.29) is 17.6 Å². The maximum Gasteiger partial charge on any atom is 0.265 e. The number of nitrogens with two attached hydrogens (primary N) is 2. The Morgan fingerprint density at radius 1 is 1.13 bits per heavy atom. The summed E-state index contributed by atoms with van der Waals surface area (Å²) in [5.41, 5.74) is 15.3. The van der Waals surface area contributed by atoms with Crippen LogP contribution in [0.1, 0.15) is 47.8 Å². The molecule has 0 aliphatic heterocycles. The van der Waals surface area contributed by atoms with Crippen molar-refractivity contribution < 1.29 is 9.18 Å². The zero-order valence-corrected chi connectivity index (χ0v) is 16.8. The van der Waals surface area contributed by atoms with Gasteiger partial charge in [-0.2, -0.15) is 5.10 Å². The lowest BCUT2D eigenvalue weighted by Gasteiger charge is -2.26. The van der Waals surface area contributed by atoms with Crippen LogP contribution in [0, 0.1) is 12.7 Å². The largest absolute Gasteiger partial charge is 0.364 e. The first-order valence-electron chi connectivity index (χ1n) is 10.3. The number of carbonyl (C=O) groups excluding carboxylic acids is 1. The summed E-state index contributed by atoms with van der Waals surface area (Å²) < 4.78 is 18.4. The summed E-state index contributed by atoms with van der Waals surface area (Å²) in [6, 6.07) is 11.1. The maximum absolute atomic E-state index is 14.5. The van der Waals surface area contributed by atoms with Gasteiger partial charge in [-0.25, -0.2) is 4.39 Å². The molecule has 0 saturated heterocycles. The highest BCUT2D eigenvalue weighted by molar-refractivity contribution is 6.02. The Morgan fingerprint density at radius 2 is 1.90 bits per heavy atom. The maximum atomic E-state index is 14.5. The first-order valence-corrected chi connectivity index (χ1v) is 10.3. The van der Waals surface area contributed by atoms with Gasteiger partial charge in [0.05, 0.1) is 29.0 Å². The number of halogens is 1. The number of aromatic nitrogens is 3. The molecular formula is C23H24FN5O. The predicted octanol–water partition coefficient (Wildman–Crippen LogP) is 3.97. The third-order valence-electron chi connectivity index (χ3n) is 6.31. The number of rotatable bonds is 3. The van der Waals surface area contributed by atoms with Crippen LogP contribution in [-0.2, 0) is 0 Å². The molecule has 0 radical (unpaired) electrons. The molecule has 0 bridgehead atoms. The lowest BCUT2D eigenvalue weighted by molar-refractivity contribution is 0.0994. The van der Waals surface area contributed by atoms with Crippen molar-refractivity contribution >= 4 is 27.7 Å². The van der Waals surface area contributed by atoms with Crippen LogP contribution in [0.25, 0.3) is 27.5 Å². The van der Waals surface area contributed by atoms with Crippen molar-refractivity contribution in [3.05, 3.63) is 59.7 Å². The van der Waals surface area contributed by atoms with Crippen molar-refractivity contribution in [3.8, 4) is 5.69 Å². The minimum atomic E-state index is -0.601. The van der Waals surface area contributed by atoms with Gasteiger partial charge in [0, 0.05) is 16.8 Å². The van der Waals surface area contributed by atoms with Crippen molar-refractivity contribution in [2.24, 2.45) is 11.5 Å². The number of hydrogen-bond donors (Lipinski definition) is 2. The molecule has 154 valence electrons. The summed E-state index contributed by atoms with van der Waals surface area (Å²) in [6.07, 6.45) is 5.78. The van der Waals surface area contributed by atoms with Crippen LogP contribution in [-0.4, -0.2) is 26.3 Å². The van der Waals surface area contributed by atoms with Gasteiger partial charge in [-0.05, 0) is 62.4 Å². The van der Waals surface area contributed by atoms with E-state index in [1.165, 1.54) is 12.1 Å². The number of nitrogens with zero attached hydrogens (tertiary/aromatic N) is 3. The van der Waals surface area contributed by atoms with Gasteiger partial charge >= 0.3 is 0 Å². The second kappa shape index (κ2) is 6.95. The fourth-order valence-electron chi connectivity index (χ4n) is 4.77. The molecule has 2 aromatic carbocycles. The fraction of sp³-hybridized carbons (Fsp3) is 0.304. The SMILES string of the molecule is Cc1ccc(F)c2cc(C(N)=O)n(-c3cccc4c3cnn4C3CCC(N)CC3)c12. The van der Waals surface area contributed by atoms with Gasteiger partial charge in [-0.1, -0.05) is 12.1 Å². The van der Waals surface area contributed by atoms with Crippen LogP contribution >= 0.6 is 0 Å². The van der Waals surface area contributed by atoms with Crippen molar-refractivity contribution in [2.45, 2.75) is 44.7 Å². The third-order valence-corrected chi connectivity index (χ3v) is 6.31. The zero-order chi connectivity index (χ0) is 21.0. The molecule has 0 unspecified atom stereocenters. The minimum absolute atomic E-state index is 0.252. The van der Waals surface area contributed by atoms with Crippen molar-refractivity contribution in [2.75, 3.05) is 0 Å². The Morgan fingerprint density at radius 3 is 2.63 bits per heavy atom. The zero-order valence-electron chi connectivity index (χ0n) is 16.8. The highest BCUT2D eigenvalue weighted by atomic mass is 19.1. The summed E-state index contributed by atoms with van der Waals surface area (Å²) >= 11 is 0. The van der Waals surface area contributed by atoms with Crippen LogP contribution < -0.4 is 11.5 Å². The van der Waals surface area contributed by atoms with Crippen molar-refractivity contribution in [1.29, 1.82) is 0 Å². The quantitative estimate of drug-likeness (QED) is 0.540. The van der Waals surface area contributed by atoms with E-state index in [1.54, 1.807) is 10.6 Å². The third kappa shape index (κ3) is 2.81. The molecule has 0 spiro atoms. The summed E-state index contributed by atoms with van der Waals surface area (Å²) in [7, 11) is 0. The molecule has 1 fully saturated rings. The Hall–Kier alpha value is -3.19. The van der Waals surface area contributed by atoms with Crippen LogP contribution in [0.5, 0.6) is 0 Å². The van der Waals surface area contributed by atoms with Gasteiger partial charge in [0.1, 0.15) is 11.5 Å². The lowest BCUT2D eigenvalue weighted by atomic mass is 9.92. The number of amides is 1. The molecule has 7 heteroatoms. The molecule has 2 aromatic heterocycles. The molecule has 30 heavy (non-hydrogen) atoms. The monoisotopic (exact) mass is 405 g/mol. The first-order chi connectivity index (χ1) is 14.5. The molecular weight excluding hydrogens is 381 g/mol. The summed E-state index contributed by atoms with van der Waals surface area (Å²) in [5, 5.41) is 5.96. The minimum Gasteiger partial charge on any atom is -0.364 e. The second-order valence-electron chi connectivity index (χ2n) is 8.22. The van der Waals surface area contributed by atoms with Gasteiger partial charge in [-0.3, -0.25) is 9.48 Å². The van der Waals surface area contributed by atoms with E-state index in [0.29, 0.717) is 16.9 Å². The second-order valence-corrected chi connectivity index (χ2v) is 8.22. The van der Waals surface area contributed by atoms with Gasteiger partial charge < -0.3 is 16.0 Å². The molecule has 1 aliphatic carbocycles. The molecule has 2 heterocycles. The van der Waals surface area contributed by atoms with E-state index < -0.39 is 5.91 Å². The topological polar surface area (TPSA) is 91.9 Å².